The van der Waals surface area contributed by atoms with Crippen LogP contribution >= 0.6 is 0 Å². The van der Waals surface area contributed by atoms with Gasteiger partial charge < -0.3 is 15.3 Å². The lowest BCUT2D eigenvalue weighted by molar-refractivity contribution is -0.282. The number of phenolic OH excluding ortho intramolecular Hbond substituents is 1. The molecule has 0 radical (unpaired) electrons. The van der Waals surface area contributed by atoms with E-state index in [4.69, 9.17) is 0 Å². The molecule has 0 aromatic heterocycles. The molecule has 4 saturated carbocycles. The molecule has 0 heterocycles. The van der Waals surface area contributed by atoms with Crippen LogP contribution in [0.25, 0.3) is 0 Å². The molecule has 0 aliphatic heterocycles. The lowest BCUT2D eigenvalue weighted by atomic mass is 9.36. The van der Waals surface area contributed by atoms with Crippen LogP contribution in [0.3, 0.4) is 0 Å². The van der Waals surface area contributed by atoms with Crippen molar-refractivity contribution in [1.82, 2.24) is 0 Å². The van der Waals surface area contributed by atoms with Gasteiger partial charge in [0.1, 0.15) is 5.75 Å². The molecule has 4 fully saturated rings. The number of phenols is 1. The van der Waals surface area contributed by atoms with E-state index in [9.17, 15) is 15.3 Å². The summed E-state index contributed by atoms with van der Waals surface area (Å²) in [6.07, 6.45) is 7.34. The second kappa shape index (κ2) is 4.56. The lowest BCUT2D eigenvalue weighted by Crippen LogP contribution is -2.70. The van der Waals surface area contributed by atoms with Crippen LogP contribution in [0.15, 0.2) is 18.2 Å². The molecule has 1 aromatic carbocycles. The number of aliphatic hydroxyl groups is 2. The molecule has 5 aliphatic rings. The summed E-state index contributed by atoms with van der Waals surface area (Å²) in [4.78, 5) is 0. The quantitative estimate of drug-likeness (QED) is 0.683. The summed E-state index contributed by atoms with van der Waals surface area (Å²) in [5.41, 5.74) is 1.94. The van der Waals surface area contributed by atoms with Gasteiger partial charge in [0.2, 0.25) is 0 Å². The first kappa shape index (κ1) is 15.2. The normalized spacial score (nSPS) is 49.2. The SMILES string of the molecule is C[C@]12CC[C@@H]3c4ccc(O)cc4CC[C@H]3C13CCC(O)(CC3)[C@@H]2O. The molecular formula is C21H28O3. The second-order valence-electron chi connectivity index (χ2n) is 9.25. The van der Waals surface area contributed by atoms with Crippen molar-refractivity contribution in [2.75, 3.05) is 0 Å². The van der Waals surface area contributed by atoms with E-state index in [1.54, 1.807) is 0 Å². The molecular weight excluding hydrogens is 300 g/mol. The van der Waals surface area contributed by atoms with Gasteiger partial charge in [-0.2, -0.15) is 0 Å². The summed E-state index contributed by atoms with van der Waals surface area (Å²) in [6, 6.07) is 5.92. The van der Waals surface area contributed by atoms with Crippen LogP contribution in [0.5, 0.6) is 5.75 Å². The Morgan fingerprint density at radius 3 is 2.54 bits per heavy atom. The molecule has 3 heteroatoms. The maximum absolute atomic E-state index is 11.0. The van der Waals surface area contributed by atoms with Gasteiger partial charge in [0.25, 0.3) is 0 Å². The van der Waals surface area contributed by atoms with Crippen LogP contribution in [-0.2, 0) is 6.42 Å². The van der Waals surface area contributed by atoms with E-state index in [0.717, 1.165) is 51.4 Å². The Morgan fingerprint density at radius 2 is 1.79 bits per heavy atom. The first-order valence-corrected chi connectivity index (χ1v) is 9.62. The molecule has 3 N–H and O–H groups in total. The van der Waals surface area contributed by atoms with Crippen molar-refractivity contribution in [2.45, 2.75) is 75.9 Å². The van der Waals surface area contributed by atoms with E-state index in [1.165, 1.54) is 11.1 Å². The van der Waals surface area contributed by atoms with Gasteiger partial charge in [0.15, 0.2) is 0 Å². The van der Waals surface area contributed by atoms with E-state index < -0.39 is 11.7 Å². The van der Waals surface area contributed by atoms with Crippen molar-refractivity contribution < 1.29 is 15.3 Å². The fraction of sp³-hybridized carbons (Fsp3) is 0.714. The number of hydrogen-bond donors (Lipinski definition) is 3. The van der Waals surface area contributed by atoms with Gasteiger partial charge in [0.05, 0.1) is 11.7 Å². The predicted octanol–water partition coefficient (Wildman–Crippen LogP) is 3.50. The van der Waals surface area contributed by atoms with Crippen molar-refractivity contribution in [2.24, 2.45) is 16.7 Å². The Bertz CT molecular complexity index is 688. The maximum Gasteiger partial charge on any atom is 0.115 e. The fourth-order valence-electron chi connectivity index (χ4n) is 7.39. The van der Waals surface area contributed by atoms with Gasteiger partial charge in [-0.15, -0.1) is 0 Å². The number of aromatic hydroxyl groups is 1. The molecule has 2 bridgehead atoms. The Hall–Kier alpha value is -1.06. The molecule has 130 valence electrons. The summed E-state index contributed by atoms with van der Waals surface area (Å²) < 4.78 is 0. The van der Waals surface area contributed by atoms with E-state index in [-0.39, 0.29) is 10.8 Å². The molecule has 4 atom stereocenters. The van der Waals surface area contributed by atoms with E-state index in [2.05, 4.69) is 13.0 Å². The highest BCUT2D eigenvalue weighted by Gasteiger charge is 2.70. The number of fused-ring (bicyclic) bond motifs is 5. The third-order valence-electron chi connectivity index (χ3n) is 8.68. The van der Waals surface area contributed by atoms with Gasteiger partial charge in [-0.05, 0) is 91.9 Å². The van der Waals surface area contributed by atoms with Crippen LogP contribution in [-0.4, -0.2) is 27.0 Å². The van der Waals surface area contributed by atoms with Crippen LogP contribution < -0.4 is 0 Å². The third-order valence-corrected chi connectivity index (χ3v) is 8.68. The molecule has 0 amide bonds. The fourth-order valence-corrected chi connectivity index (χ4v) is 7.39. The molecule has 24 heavy (non-hydrogen) atoms. The van der Waals surface area contributed by atoms with E-state index >= 15 is 0 Å². The molecule has 1 aromatic rings. The van der Waals surface area contributed by atoms with E-state index in [1.807, 2.05) is 12.1 Å². The van der Waals surface area contributed by atoms with Gasteiger partial charge in [-0.3, -0.25) is 0 Å². The summed E-state index contributed by atoms with van der Waals surface area (Å²) in [5.74, 6) is 1.54. The standard InChI is InChI=1S/C21H28O3/c1-19-7-6-16-15-4-3-14(22)12-13(15)2-5-17(16)20(19)8-10-21(24,11-9-20)18(19)23/h3-4,12,16-18,22-24H,2,5-11H2,1H3/t16-,17-,18-,19-,20?,21?/m1/s1. The predicted molar refractivity (Wildman–Crippen MR) is 91.9 cm³/mol. The lowest BCUT2D eigenvalue weighted by Gasteiger charge is -2.70. The molecule has 0 saturated heterocycles. The highest BCUT2D eigenvalue weighted by Crippen LogP contribution is 2.72. The number of aryl methyl sites for hydroxylation is 1. The highest BCUT2D eigenvalue weighted by atomic mass is 16.3. The van der Waals surface area contributed by atoms with Crippen molar-refractivity contribution >= 4 is 0 Å². The summed E-state index contributed by atoms with van der Waals surface area (Å²) >= 11 is 0. The third kappa shape index (κ3) is 1.61. The minimum Gasteiger partial charge on any atom is -0.508 e. The Labute approximate surface area is 143 Å². The smallest absolute Gasteiger partial charge is 0.115 e. The zero-order valence-electron chi connectivity index (χ0n) is 14.5. The van der Waals surface area contributed by atoms with Crippen molar-refractivity contribution in [3.05, 3.63) is 29.3 Å². The van der Waals surface area contributed by atoms with Crippen LogP contribution in [0, 0.1) is 16.7 Å². The number of benzene rings is 1. The van der Waals surface area contributed by atoms with Gasteiger partial charge in [0, 0.05) is 5.41 Å². The molecule has 1 spiro atoms. The Balaban J connectivity index is 1.60. The zero-order chi connectivity index (χ0) is 16.7. The van der Waals surface area contributed by atoms with Crippen molar-refractivity contribution in [3.8, 4) is 5.75 Å². The number of hydrogen-bond acceptors (Lipinski definition) is 3. The molecule has 3 nitrogen and oxygen atoms in total. The second-order valence-corrected chi connectivity index (χ2v) is 9.25. The van der Waals surface area contributed by atoms with Crippen LogP contribution in [0.2, 0.25) is 0 Å². The average molecular weight is 328 g/mol. The van der Waals surface area contributed by atoms with Gasteiger partial charge in [-0.1, -0.05) is 13.0 Å². The summed E-state index contributed by atoms with van der Waals surface area (Å²) in [7, 11) is 0. The minimum absolute atomic E-state index is 0.145. The van der Waals surface area contributed by atoms with Crippen LogP contribution in [0.1, 0.15) is 68.9 Å². The summed E-state index contributed by atoms with van der Waals surface area (Å²) in [6.45, 7) is 2.25. The topological polar surface area (TPSA) is 60.7 Å². The average Bonchev–Trinajstić information content (AvgIpc) is 2.58. The largest absolute Gasteiger partial charge is 0.508 e. The zero-order valence-corrected chi connectivity index (χ0v) is 14.5. The van der Waals surface area contributed by atoms with Crippen molar-refractivity contribution in [1.29, 1.82) is 0 Å². The minimum atomic E-state index is -0.846. The number of rotatable bonds is 0. The molecule has 6 rings (SSSR count). The van der Waals surface area contributed by atoms with Crippen molar-refractivity contribution in [3.63, 3.8) is 0 Å². The summed E-state index contributed by atoms with van der Waals surface area (Å²) in [5, 5.41) is 31.8. The first-order valence-electron chi connectivity index (χ1n) is 9.62. The van der Waals surface area contributed by atoms with Gasteiger partial charge in [-0.25, -0.2) is 0 Å². The van der Waals surface area contributed by atoms with Gasteiger partial charge >= 0.3 is 0 Å². The Kier molecular flexibility index (Phi) is 2.89. The van der Waals surface area contributed by atoms with Crippen LogP contribution in [0.4, 0.5) is 0 Å². The maximum atomic E-state index is 11.0. The molecule has 0 unspecified atom stereocenters. The monoisotopic (exact) mass is 328 g/mol. The first-order chi connectivity index (χ1) is 11.4. The molecule has 5 aliphatic carbocycles. The Morgan fingerprint density at radius 1 is 1.04 bits per heavy atom. The van der Waals surface area contributed by atoms with E-state index in [0.29, 0.717) is 17.6 Å². The highest BCUT2D eigenvalue weighted by molar-refractivity contribution is 5.41. The number of aliphatic hydroxyl groups excluding tert-OH is 1.